The zero-order chi connectivity index (χ0) is 16.1. The van der Waals surface area contributed by atoms with Crippen LogP contribution in [0.4, 0.5) is 5.69 Å². The molecule has 0 heterocycles. The highest BCUT2D eigenvalue weighted by Crippen LogP contribution is 2.22. The van der Waals surface area contributed by atoms with Crippen molar-refractivity contribution in [3.63, 3.8) is 0 Å². The van der Waals surface area contributed by atoms with Gasteiger partial charge in [-0.3, -0.25) is 4.79 Å². The first-order valence-corrected chi connectivity index (χ1v) is 7.68. The molecule has 3 nitrogen and oxygen atoms in total. The minimum atomic E-state index is -0.531. The number of aryl methyl sites for hydroxylation is 2. The van der Waals surface area contributed by atoms with E-state index >= 15 is 0 Å². The number of carbonyl (C=O) groups is 1. The van der Waals surface area contributed by atoms with Gasteiger partial charge in [0.05, 0.1) is 0 Å². The first-order chi connectivity index (χ1) is 10.5. The smallest absolute Gasteiger partial charge is 0.265 e. The van der Waals surface area contributed by atoms with Crippen LogP contribution in [0.5, 0.6) is 5.75 Å². The van der Waals surface area contributed by atoms with Gasteiger partial charge < -0.3 is 10.1 Å². The second-order valence-electron chi connectivity index (χ2n) is 5.23. The Morgan fingerprint density at radius 3 is 2.55 bits per heavy atom. The van der Waals surface area contributed by atoms with Crippen molar-refractivity contribution < 1.29 is 9.53 Å². The normalized spacial score (nSPS) is 11.8. The number of anilines is 1. The van der Waals surface area contributed by atoms with E-state index in [1.165, 1.54) is 0 Å². The lowest BCUT2D eigenvalue weighted by Crippen LogP contribution is -2.32. The fourth-order valence-electron chi connectivity index (χ4n) is 2.14. The lowest BCUT2D eigenvalue weighted by Gasteiger charge is -2.19. The quantitative estimate of drug-likeness (QED) is 0.864. The maximum absolute atomic E-state index is 12.4. The number of halogens is 1. The molecule has 4 heteroatoms. The second-order valence-corrected chi connectivity index (χ2v) is 5.67. The van der Waals surface area contributed by atoms with E-state index in [0.717, 1.165) is 22.6 Å². The lowest BCUT2D eigenvalue weighted by molar-refractivity contribution is -0.122. The van der Waals surface area contributed by atoms with Gasteiger partial charge in [-0.15, -0.1) is 0 Å². The molecule has 0 aliphatic rings. The van der Waals surface area contributed by atoms with E-state index in [1.54, 1.807) is 12.1 Å². The lowest BCUT2D eigenvalue weighted by atomic mass is 10.1. The Morgan fingerprint density at radius 1 is 1.18 bits per heavy atom. The number of ether oxygens (including phenoxy) is 1. The largest absolute Gasteiger partial charge is 0.480 e. The summed E-state index contributed by atoms with van der Waals surface area (Å²) in [6.45, 7) is 5.80. The minimum absolute atomic E-state index is 0.156. The number of nitrogens with one attached hydrogen (secondary N) is 1. The van der Waals surface area contributed by atoms with Crippen LogP contribution in [-0.2, 0) is 4.79 Å². The highest BCUT2D eigenvalue weighted by atomic mass is 35.5. The molecule has 0 spiro atoms. The van der Waals surface area contributed by atoms with Crippen LogP contribution >= 0.6 is 11.6 Å². The van der Waals surface area contributed by atoms with E-state index in [9.17, 15) is 4.79 Å². The van der Waals surface area contributed by atoms with Gasteiger partial charge in [0.2, 0.25) is 0 Å². The van der Waals surface area contributed by atoms with Crippen molar-refractivity contribution in [3.05, 3.63) is 58.6 Å². The predicted molar refractivity (Wildman–Crippen MR) is 90.7 cm³/mol. The summed E-state index contributed by atoms with van der Waals surface area (Å²) < 4.78 is 5.85. The van der Waals surface area contributed by atoms with Gasteiger partial charge in [-0.05, 0) is 55.7 Å². The number of para-hydroxylation sites is 1. The molecule has 0 radical (unpaired) electrons. The van der Waals surface area contributed by atoms with Gasteiger partial charge in [0.1, 0.15) is 5.75 Å². The Bertz CT molecular complexity index is 670. The highest BCUT2D eigenvalue weighted by molar-refractivity contribution is 6.30. The molecule has 0 aliphatic heterocycles. The third-order valence-corrected chi connectivity index (χ3v) is 3.71. The second kappa shape index (κ2) is 7.32. The van der Waals surface area contributed by atoms with E-state index < -0.39 is 6.10 Å². The Morgan fingerprint density at radius 2 is 1.91 bits per heavy atom. The molecule has 1 amide bonds. The van der Waals surface area contributed by atoms with Crippen LogP contribution in [0.1, 0.15) is 24.5 Å². The third-order valence-electron chi connectivity index (χ3n) is 3.47. The average Bonchev–Trinajstić information content (AvgIpc) is 2.49. The fourth-order valence-corrected chi connectivity index (χ4v) is 2.37. The first-order valence-electron chi connectivity index (χ1n) is 7.30. The van der Waals surface area contributed by atoms with E-state index in [1.807, 2.05) is 51.1 Å². The molecule has 1 atom stereocenters. The topological polar surface area (TPSA) is 38.3 Å². The van der Waals surface area contributed by atoms with Crippen LogP contribution in [0.15, 0.2) is 42.5 Å². The summed E-state index contributed by atoms with van der Waals surface area (Å²) in [6, 6.07) is 13.1. The molecule has 0 saturated carbocycles. The summed E-state index contributed by atoms with van der Waals surface area (Å²) in [5.41, 5.74) is 2.68. The molecule has 22 heavy (non-hydrogen) atoms. The van der Waals surface area contributed by atoms with Gasteiger partial charge in [0.15, 0.2) is 6.10 Å². The van der Waals surface area contributed by atoms with Gasteiger partial charge >= 0.3 is 0 Å². The third kappa shape index (κ3) is 4.01. The molecule has 0 unspecified atom stereocenters. The van der Waals surface area contributed by atoms with Crippen LogP contribution in [0, 0.1) is 13.8 Å². The van der Waals surface area contributed by atoms with Gasteiger partial charge in [-0.2, -0.15) is 0 Å². The Kier molecular flexibility index (Phi) is 5.45. The number of carbonyl (C=O) groups excluding carboxylic acids is 1. The molecular formula is C18H20ClNO2. The summed E-state index contributed by atoms with van der Waals surface area (Å²) in [4.78, 5) is 12.4. The SMILES string of the molecule is CC[C@@H](Oc1ccccc1C)C(=O)Nc1ccc(Cl)cc1C. The Balaban J connectivity index is 2.10. The maximum atomic E-state index is 12.4. The maximum Gasteiger partial charge on any atom is 0.265 e. The van der Waals surface area contributed by atoms with Crippen molar-refractivity contribution >= 4 is 23.2 Å². The number of amides is 1. The molecule has 0 saturated heterocycles. The number of benzene rings is 2. The van der Waals surface area contributed by atoms with Crippen molar-refractivity contribution in [1.82, 2.24) is 0 Å². The number of hydrogen-bond acceptors (Lipinski definition) is 2. The van der Waals surface area contributed by atoms with Crippen LogP contribution in [0.2, 0.25) is 5.02 Å². The standard InChI is InChI=1S/C18H20ClNO2/c1-4-16(22-17-8-6-5-7-12(17)2)18(21)20-15-10-9-14(19)11-13(15)3/h5-11,16H,4H2,1-3H3,(H,20,21)/t16-/m1/s1. The molecule has 116 valence electrons. The van der Waals surface area contributed by atoms with Crippen molar-refractivity contribution in [2.45, 2.75) is 33.3 Å². The Hall–Kier alpha value is -2.00. The monoisotopic (exact) mass is 317 g/mol. The van der Waals surface area contributed by atoms with Crippen molar-refractivity contribution in [2.75, 3.05) is 5.32 Å². The molecule has 0 bridgehead atoms. The Labute approximate surface area is 136 Å². The summed E-state index contributed by atoms with van der Waals surface area (Å²) in [7, 11) is 0. The summed E-state index contributed by atoms with van der Waals surface area (Å²) in [5, 5.41) is 3.56. The molecule has 0 fully saturated rings. The van der Waals surface area contributed by atoms with Gasteiger partial charge in [-0.1, -0.05) is 36.7 Å². The summed E-state index contributed by atoms with van der Waals surface area (Å²) in [5.74, 6) is 0.577. The zero-order valence-corrected chi connectivity index (χ0v) is 13.8. The van der Waals surface area contributed by atoms with Gasteiger partial charge in [0, 0.05) is 10.7 Å². The van der Waals surface area contributed by atoms with E-state index in [0.29, 0.717) is 11.4 Å². The van der Waals surface area contributed by atoms with Crippen molar-refractivity contribution in [3.8, 4) is 5.75 Å². The number of rotatable bonds is 5. The van der Waals surface area contributed by atoms with Crippen LogP contribution in [-0.4, -0.2) is 12.0 Å². The van der Waals surface area contributed by atoms with Crippen LogP contribution in [0.25, 0.3) is 0 Å². The zero-order valence-electron chi connectivity index (χ0n) is 13.0. The summed E-state index contributed by atoms with van der Waals surface area (Å²) >= 11 is 5.93. The van der Waals surface area contributed by atoms with E-state index in [2.05, 4.69) is 5.32 Å². The van der Waals surface area contributed by atoms with Crippen molar-refractivity contribution in [2.24, 2.45) is 0 Å². The van der Waals surface area contributed by atoms with E-state index in [4.69, 9.17) is 16.3 Å². The molecule has 1 N–H and O–H groups in total. The van der Waals surface area contributed by atoms with Gasteiger partial charge in [-0.25, -0.2) is 0 Å². The predicted octanol–water partition coefficient (Wildman–Crippen LogP) is 4.75. The summed E-state index contributed by atoms with van der Waals surface area (Å²) in [6.07, 6.45) is 0.0588. The highest BCUT2D eigenvalue weighted by Gasteiger charge is 2.19. The number of hydrogen-bond donors (Lipinski definition) is 1. The average molecular weight is 318 g/mol. The van der Waals surface area contributed by atoms with E-state index in [-0.39, 0.29) is 5.91 Å². The molecule has 2 rings (SSSR count). The molecule has 0 aliphatic carbocycles. The molecule has 2 aromatic rings. The van der Waals surface area contributed by atoms with Gasteiger partial charge in [0.25, 0.3) is 5.91 Å². The molecule has 2 aromatic carbocycles. The molecule has 0 aromatic heterocycles. The minimum Gasteiger partial charge on any atom is -0.480 e. The van der Waals surface area contributed by atoms with Crippen LogP contribution in [0.3, 0.4) is 0 Å². The first kappa shape index (κ1) is 16.4. The van der Waals surface area contributed by atoms with Crippen molar-refractivity contribution in [1.29, 1.82) is 0 Å². The fraction of sp³-hybridized carbons (Fsp3) is 0.278. The van der Waals surface area contributed by atoms with Crippen LogP contribution < -0.4 is 10.1 Å². The molecular weight excluding hydrogens is 298 g/mol.